The van der Waals surface area contributed by atoms with Crippen LogP contribution in [0.15, 0.2) is 60.5 Å². The maximum absolute atomic E-state index is 6.13. The van der Waals surface area contributed by atoms with Crippen LogP contribution >= 0.6 is 0 Å². The number of rotatable bonds is 7. The number of pyridine rings is 1. The summed E-state index contributed by atoms with van der Waals surface area (Å²) >= 11 is 0. The molecule has 3 heteroatoms. The highest BCUT2D eigenvalue weighted by atomic mass is 16.5. The van der Waals surface area contributed by atoms with Gasteiger partial charge in [0.2, 0.25) is 0 Å². The standard InChI is InChI=1S/C24H30N2O/c1-20-11-6-7-12-21(20)19-27-23(14-10-15-24(2,3)4)18-26(5)17-22-13-8-9-16-25-22/h6-9,11-14,16H,17-19H2,1-5H3. The fraction of sp³-hybridized carbons (Fsp3) is 0.375. The van der Waals surface area contributed by atoms with Crippen LogP contribution in [0.4, 0.5) is 0 Å². The molecule has 0 bridgehead atoms. The highest BCUT2D eigenvalue weighted by Gasteiger charge is 2.08. The van der Waals surface area contributed by atoms with Crippen LogP contribution < -0.4 is 0 Å². The third-order valence-corrected chi connectivity index (χ3v) is 3.94. The number of hydrogen-bond donors (Lipinski definition) is 0. The minimum atomic E-state index is -0.0303. The molecule has 1 aromatic carbocycles. The number of ether oxygens (including phenoxy) is 1. The average Bonchev–Trinajstić information content (AvgIpc) is 2.60. The molecule has 0 saturated carbocycles. The minimum Gasteiger partial charge on any atom is -0.491 e. The van der Waals surface area contributed by atoms with Gasteiger partial charge < -0.3 is 4.74 Å². The van der Waals surface area contributed by atoms with Crippen LogP contribution in [0.5, 0.6) is 0 Å². The zero-order chi connectivity index (χ0) is 19.7. The van der Waals surface area contributed by atoms with Gasteiger partial charge in [0.15, 0.2) is 0 Å². The SMILES string of the molecule is Cc1ccccc1COC(=CC#CC(C)(C)C)CN(C)Cc1ccccn1. The molecule has 0 aliphatic rings. The molecule has 0 radical (unpaired) electrons. The summed E-state index contributed by atoms with van der Waals surface area (Å²) in [5, 5.41) is 0. The quantitative estimate of drug-likeness (QED) is 0.513. The molecule has 0 atom stereocenters. The van der Waals surface area contributed by atoms with Gasteiger partial charge in [-0.1, -0.05) is 42.2 Å². The van der Waals surface area contributed by atoms with Gasteiger partial charge >= 0.3 is 0 Å². The summed E-state index contributed by atoms with van der Waals surface area (Å²) in [6, 6.07) is 14.3. The molecule has 0 amide bonds. The van der Waals surface area contributed by atoms with E-state index in [1.807, 2.05) is 42.6 Å². The number of aromatic nitrogens is 1. The first-order valence-corrected chi connectivity index (χ1v) is 9.31. The molecule has 0 aliphatic heterocycles. The molecule has 0 fully saturated rings. The summed E-state index contributed by atoms with van der Waals surface area (Å²) in [6.07, 6.45) is 3.72. The number of hydrogen-bond acceptors (Lipinski definition) is 3. The van der Waals surface area contributed by atoms with Gasteiger partial charge in [0.25, 0.3) is 0 Å². The lowest BCUT2D eigenvalue weighted by atomic mass is 9.98. The zero-order valence-corrected chi connectivity index (χ0v) is 17.1. The number of allylic oxidation sites excluding steroid dienone is 1. The topological polar surface area (TPSA) is 25.4 Å². The van der Waals surface area contributed by atoms with E-state index in [0.29, 0.717) is 13.2 Å². The van der Waals surface area contributed by atoms with Crippen LogP contribution in [0, 0.1) is 24.2 Å². The van der Waals surface area contributed by atoms with E-state index in [1.54, 1.807) is 0 Å². The van der Waals surface area contributed by atoms with Crippen molar-refractivity contribution in [1.82, 2.24) is 9.88 Å². The Morgan fingerprint density at radius 3 is 2.56 bits per heavy atom. The second kappa shape index (κ2) is 9.94. The van der Waals surface area contributed by atoms with E-state index in [1.165, 1.54) is 11.1 Å². The van der Waals surface area contributed by atoms with Crippen molar-refractivity contribution >= 4 is 0 Å². The van der Waals surface area contributed by atoms with E-state index in [0.717, 1.165) is 18.0 Å². The Bertz CT molecular complexity index is 808. The summed E-state index contributed by atoms with van der Waals surface area (Å²) < 4.78 is 6.13. The van der Waals surface area contributed by atoms with Crippen LogP contribution in [0.25, 0.3) is 0 Å². The fourth-order valence-electron chi connectivity index (χ4n) is 2.50. The maximum atomic E-state index is 6.13. The Morgan fingerprint density at radius 1 is 1.15 bits per heavy atom. The summed E-state index contributed by atoms with van der Waals surface area (Å²) in [7, 11) is 2.07. The van der Waals surface area contributed by atoms with Crippen molar-refractivity contribution in [2.45, 2.75) is 40.8 Å². The van der Waals surface area contributed by atoms with Crippen molar-refractivity contribution in [3.8, 4) is 11.8 Å². The normalized spacial score (nSPS) is 11.9. The summed E-state index contributed by atoms with van der Waals surface area (Å²) in [5.74, 6) is 7.28. The van der Waals surface area contributed by atoms with Gasteiger partial charge in [0, 0.05) is 24.2 Å². The Labute approximate surface area is 164 Å². The van der Waals surface area contributed by atoms with Gasteiger partial charge in [0.05, 0.1) is 12.2 Å². The van der Waals surface area contributed by atoms with Gasteiger partial charge in [-0.3, -0.25) is 9.88 Å². The molecule has 1 heterocycles. The minimum absolute atomic E-state index is 0.0303. The van der Waals surface area contributed by atoms with Crippen molar-refractivity contribution in [3.63, 3.8) is 0 Å². The number of aryl methyl sites for hydroxylation is 1. The molecule has 0 spiro atoms. The summed E-state index contributed by atoms with van der Waals surface area (Å²) in [6.45, 7) is 10.4. The van der Waals surface area contributed by atoms with E-state index in [2.05, 4.69) is 68.6 Å². The number of nitrogens with zero attached hydrogens (tertiary/aromatic N) is 2. The molecule has 0 aliphatic carbocycles. The van der Waals surface area contributed by atoms with E-state index < -0.39 is 0 Å². The molecule has 0 N–H and O–H groups in total. The molecular formula is C24H30N2O. The predicted octanol–water partition coefficient (Wildman–Crippen LogP) is 4.97. The molecule has 0 saturated heterocycles. The first-order valence-electron chi connectivity index (χ1n) is 9.31. The van der Waals surface area contributed by atoms with Crippen molar-refractivity contribution in [2.24, 2.45) is 5.41 Å². The van der Waals surface area contributed by atoms with Crippen LogP contribution in [-0.4, -0.2) is 23.5 Å². The van der Waals surface area contributed by atoms with E-state index in [4.69, 9.17) is 4.74 Å². The Hall–Kier alpha value is -2.57. The molecule has 142 valence electrons. The summed E-state index contributed by atoms with van der Waals surface area (Å²) in [5.41, 5.74) is 3.44. The maximum Gasteiger partial charge on any atom is 0.119 e. The Kier molecular flexibility index (Phi) is 7.64. The zero-order valence-electron chi connectivity index (χ0n) is 17.1. The monoisotopic (exact) mass is 362 g/mol. The second-order valence-corrected chi connectivity index (χ2v) is 7.84. The van der Waals surface area contributed by atoms with Gasteiger partial charge in [-0.2, -0.15) is 0 Å². The van der Waals surface area contributed by atoms with Crippen LogP contribution in [0.3, 0.4) is 0 Å². The predicted molar refractivity (Wildman–Crippen MR) is 112 cm³/mol. The second-order valence-electron chi connectivity index (χ2n) is 7.84. The molecule has 2 aromatic rings. The van der Waals surface area contributed by atoms with Crippen molar-refractivity contribution in [2.75, 3.05) is 13.6 Å². The first-order chi connectivity index (χ1) is 12.8. The Balaban J connectivity index is 2.07. The largest absolute Gasteiger partial charge is 0.491 e. The van der Waals surface area contributed by atoms with Crippen LogP contribution in [0.2, 0.25) is 0 Å². The summed E-state index contributed by atoms with van der Waals surface area (Å²) in [4.78, 5) is 6.58. The van der Waals surface area contributed by atoms with E-state index in [-0.39, 0.29) is 5.41 Å². The molecular weight excluding hydrogens is 332 g/mol. The molecule has 0 unspecified atom stereocenters. The van der Waals surface area contributed by atoms with Crippen LogP contribution in [0.1, 0.15) is 37.6 Å². The van der Waals surface area contributed by atoms with Crippen molar-refractivity contribution in [3.05, 3.63) is 77.3 Å². The molecule has 1 aromatic heterocycles. The van der Waals surface area contributed by atoms with E-state index in [9.17, 15) is 0 Å². The average molecular weight is 363 g/mol. The number of likely N-dealkylation sites (N-methyl/N-ethyl adjacent to an activating group) is 1. The fourth-order valence-corrected chi connectivity index (χ4v) is 2.50. The van der Waals surface area contributed by atoms with Gasteiger partial charge in [-0.05, 0) is 58.0 Å². The highest BCUT2D eigenvalue weighted by molar-refractivity contribution is 5.26. The molecule has 3 nitrogen and oxygen atoms in total. The lowest BCUT2D eigenvalue weighted by Gasteiger charge is -2.19. The van der Waals surface area contributed by atoms with E-state index >= 15 is 0 Å². The smallest absolute Gasteiger partial charge is 0.119 e. The van der Waals surface area contributed by atoms with Crippen molar-refractivity contribution in [1.29, 1.82) is 0 Å². The number of benzene rings is 1. The highest BCUT2D eigenvalue weighted by Crippen LogP contribution is 2.13. The first kappa shape index (κ1) is 20.7. The molecule has 27 heavy (non-hydrogen) atoms. The van der Waals surface area contributed by atoms with Gasteiger partial charge in [-0.25, -0.2) is 0 Å². The third-order valence-electron chi connectivity index (χ3n) is 3.94. The van der Waals surface area contributed by atoms with Crippen LogP contribution in [-0.2, 0) is 17.9 Å². The third kappa shape index (κ3) is 8.11. The lowest BCUT2D eigenvalue weighted by Crippen LogP contribution is -2.22. The van der Waals surface area contributed by atoms with Crippen molar-refractivity contribution < 1.29 is 4.74 Å². The molecule has 2 rings (SSSR count). The van der Waals surface area contributed by atoms with Gasteiger partial charge in [-0.15, -0.1) is 0 Å². The Morgan fingerprint density at radius 2 is 1.89 bits per heavy atom. The lowest BCUT2D eigenvalue weighted by molar-refractivity contribution is 0.166. The van der Waals surface area contributed by atoms with Gasteiger partial charge in [0.1, 0.15) is 12.4 Å².